The SMILES string of the molecule is CCCCCC=CCC=CCCCCCCCCCCCCCCC=CCC=CCCCCC. The molecule has 0 spiro atoms. The number of allylic oxidation sites excluding steroid dienone is 8. The first-order valence-corrected chi connectivity index (χ1v) is 15.5. The molecule has 0 aliphatic rings. The monoisotopic (exact) mass is 470 g/mol. The zero-order valence-corrected chi connectivity index (χ0v) is 23.6. The molecular formula is C34H62. The molecule has 0 amide bonds. The van der Waals surface area contributed by atoms with Crippen LogP contribution in [0.1, 0.15) is 168 Å². The molecule has 0 nitrogen and oxygen atoms in total. The molecule has 34 heavy (non-hydrogen) atoms. The van der Waals surface area contributed by atoms with E-state index in [-0.39, 0.29) is 0 Å². The van der Waals surface area contributed by atoms with Crippen LogP contribution in [0, 0.1) is 0 Å². The highest BCUT2D eigenvalue weighted by Gasteiger charge is 1.93. The lowest BCUT2D eigenvalue weighted by molar-refractivity contribution is 0.542. The van der Waals surface area contributed by atoms with Gasteiger partial charge in [-0.25, -0.2) is 0 Å². The van der Waals surface area contributed by atoms with Crippen LogP contribution in [0.15, 0.2) is 48.6 Å². The van der Waals surface area contributed by atoms with E-state index in [4.69, 9.17) is 0 Å². The molecule has 198 valence electrons. The van der Waals surface area contributed by atoms with Crippen LogP contribution >= 0.6 is 0 Å². The molecule has 0 heteroatoms. The highest BCUT2D eigenvalue weighted by Crippen LogP contribution is 2.13. The zero-order valence-electron chi connectivity index (χ0n) is 23.6. The van der Waals surface area contributed by atoms with E-state index >= 15 is 0 Å². The summed E-state index contributed by atoms with van der Waals surface area (Å²) >= 11 is 0. The largest absolute Gasteiger partial charge is 0.0882 e. The summed E-state index contributed by atoms with van der Waals surface area (Å²) in [4.78, 5) is 0. The summed E-state index contributed by atoms with van der Waals surface area (Å²) in [6.07, 6.45) is 51.5. The highest BCUT2D eigenvalue weighted by molar-refractivity contribution is 4.93. The molecular weight excluding hydrogens is 408 g/mol. The van der Waals surface area contributed by atoms with Crippen molar-refractivity contribution in [2.24, 2.45) is 0 Å². The van der Waals surface area contributed by atoms with Gasteiger partial charge in [-0.3, -0.25) is 0 Å². The molecule has 0 radical (unpaired) electrons. The standard InChI is InChI=1S/C34H62/c1-3-5-7-9-11-13-15-17-19-21-23-25-27-29-31-33-34-32-30-28-26-24-22-20-18-16-14-12-10-8-6-4-2/h11-14,17-20H,3-10,15-16,21-34H2,1-2H3. The predicted octanol–water partition coefficient (Wildman–Crippen LogP) is 12.6. The van der Waals surface area contributed by atoms with Crippen molar-refractivity contribution in [1.29, 1.82) is 0 Å². The molecule has 0 heterocycles. The topological polar surface area (TPSA) is 0 Å². The Bertz CT molecular complexity index is 420. The third kappa shape index (κ3) is 31.0. The van der Waals surface area contributed by atoms with Crippen LogP contribution < -0.4 is 0 Å². The van der Waals surface area contributed by atoms with Crippen LogP contribution in [0.5, 0.6) is 0 Å². The number of rotatable bonds is 27. The Labute approximate surface area is 216 Å². The summed E-state index contributed by atoms with van der Waals surface area (Å²) in [5.41, 5.74) is 0. The van der Waals surface area contributed by atoms with Crippen molar-refractivity contribution in [2.45, 2.75) is 168 Å². The first-order chi connectivity index (χ1) is 16.9. The summed E-state index contributed by atoms with van der Waals surface area (Å²) in [7, 11) is 0. The lowest BCUT2D eigenvalue weighted by atomic mass is 10.0. The van der Waals surface area contributed by atoms with Crippen LogP contribution in [0.25, 0.3) is 0 Å². The van der Waals surface area contributed by atoms with Gasteiger partial charge >= 0.3 is 0 Å². The maximum atomic E-state index is 2.39. The Balaban J connectivity index is 3.17. The molecule has 0 N–H and O–H groups in total. The van der Waals surface area contributed by atoms with Gasteiger partial charge in [-0.1, -0.05) is 152 Å². The van der Waals surface area contributed by atoms with Gasteiger partial charge in [0.2, 0.25) is 0 Å². The van der Waals surface area contributed by atoms with E-state index in [2.05, 4.69) is 62.5 Å². The van der Waals surface area contributed by atoms with E-state index in [1.807, 2.05) is 0 Å². The van der Waals surface area contributed by atoms with Crippen molar-refractivity contribution >= 4 is 0 Å². The molecule has 0 bridgehead atoms. The maximum Gasteiger partial charge on any atom is -0.0169 e. The second-order valence-electron chi connectivity index (χ2n) is 10.2. The summed E-state index contributed by atoms with van der Waals surface area (Å²) in [6, 6.07) is 0. The van der Waals surface area contributed by atoms with Crippen LogP contribution in [-0.4, -0.2) is 0 Å². The molecule has 0 saturated heterocycles. The molecule has 0 rings (SSSR count). The molecule has 0 aliphatic heterocycles. The second kappa shape index (κ2) is 32.0. The Hall–Kier alpha value is -1.04. The van der Waals surface area contributed by atoms with Crippen molar-refractivity contribution in [3.05, 3.63) is 48.6 Å². The Morgan fingerprint density at radius 3 is 0.765 bits per heavy atom. The van der Waals surface area contributed by atoms with Gasteiger partial charge in [0.25, 0.3) is 0 Å². The highest BCUT2D eigenvalue weighted by atomic mass is 14.0. The van der Waals surface area contributed by atoms with Crippen LogP contribution in [0.4, 0.5) is 0 Å². The van der Waals surface area contributed by atoms with Crippen LogP contribution in [-0.2, 0) is 0 Å². The normalized spacial score (nSPS) is 12.4. The number of hydrogen-bond acceptors (Lipinski definition) is 0. The van der Waals surface area contributed by atoms with Crippen LogP contribution in [0.2, 0.25) is 0 Å². The van der Waals surface area contributed by atoms with Crippen molar-refractivity contribution in [1.82, 2.24) is 0 Å². The lowest BCUT2D eigenvalue weighted by Crippen LogP contribution is -1.83. The van der Waals surface area contributed by atoms with E-state index in [1.165, 1.54) is 141 Å². The molecule has 0 unspecified atom stereocenters. The van der Waals surface area contributed by atoms with Gasteiger partial charge < -0.3 is 0 Å². The van der Waals surface area contributed by atoms with Gasteiger partial charge in [0, 0.05) is 0 Å². The average molecular weight is 471 g/mol. The molecule has 0 aromatic rings. The Morgan fingerprint density at radius 1 is 0.265 bits per heavy atom. The maximum absolute atomic E-state index is 2.39. The van der Waals surface area contributed by atoms with Gasteiger partial charge in [-0.2, -0.15) is 0 Å². The van der Waals surface area contributed by atoms with Gasteiger partial charge in [0.15, 0.2) is 0 Å². The second-order valence-corrected chi connectivity index (χ2v) is 10.2. The molecule has 0 aliphatic carbocycles. The molecule has 0 saturated carbocycles. The van der Waals surface area contributed by atoms with Gasteiger partial charge in [-0.05, 0) is 64.2 Å². The zero-order chi connectivity index (χ0) is 24.6. The minimum absolute atomic E-state index is 1.13. The van der Waals surface area contributed by atoms with Crippen molar-refractivity contribution in [3.63, 3.8) is 0 Å². The fraction of sp³-hybridized carbons (Fsp3) is 0.765. The van der Waals surface area contributed by atoms with E-state index < -0.39 is 0 Å². The van der Waals surface area contributed by atoms with E-state index in [0.717, 1.165) is 12.8 Å². The quantitative estimate of drug-likeness (QED) is 0.0826. The fourth-order valence-corrected chi connectivity index (χ4v) is 4.33. The van der Waals surface area contributed by atoms with Gasteiger partial charge in [0.05, 0.1) is 0 Å². The smallest absolute Gasteiger partial charge is 0.0169 e. The predicted molar refractivity (Wildman–Crippen MR) is 159 cm³/mol. The van der Waals surface area contributed by atoms with E-state index in [1.54, 1.807) is 0 Å². The average Bonchev–Trinajstić information content (AvgIpc) is 2.85. The minimum atomic E-state index is 1.13. The summed E-state index contributed by atoms with van der Waals surface area (Å²) in [5, 5.41) is 0. The van der Waals surface area contributed by atoms with Crippen LogP contribution in [0.3, 0.4) is 0 Å². The molecule has 0 aromatic carbocycles. The van der Waals surface area contributed by atoms with Gasteiger partial charge in [-0.15, -0.1) is 0 Å². The molecule has 0 aromatic heterocycles. The summed E-state index contributed by atoms with van der Waals surface area (Å²) < 4.78 is 0. The molecule has 0 fully saturated rings. The third-order valence-corrected chi connectivity index (χ3v) is 6.65. The summed E-state index contributed by atoms with van der Waals surface area (Å²) in [6.45, 7) is 4.54. The minimum Gasteiger partial charge on any atom is -0.0882 e. The van der Waals surface area contributed by atoms with E-state index in [0.29, 0.717) is 0 Å². The number of unbranched alkanes of at least 4 members (excludes halogenated alkanes) is 19. The summed E-state index contributed by atoms with van der Waals surface area (Å²) in [5.74, 6) is 0. The van der Waals surface area contributed by atoms with Gasteiger partial charge in [0.1, 0.15) is 0 Å². The van der Waals surface area contributed by atoms with Crippen molar-refractivity contribution in [3.8, 4) is 0 Å². The first-order valence-electron chi connectivity index (χ1n) is 15.5. The van der Waals surface area contributed by atoms with Crippen molar-refractivity contribution in [2.75, 3.05) is 0 Å². The first kappa shape index (κ1) is 33.0. The Morgan fingerprint density at radius 2 is 0.500 bits per heavy atom. The third-order valence-electron chi connectivity index (χ3n) is 6.65. The van der Waals surface area contributed by atoms with E-state index in [9.17, 15) is 0 Å². The lowest BCUT2D eigenvalue weighted by Gasteiger charge is -2.02. The van der Waals surface area contributed by atoms with Crippen molar-refractivity contribution < 1.29 is 0 Å². The fourth-order valence-electron chi connectivity index (χ4n) is 4.33. The number of hydrogen-bond donors (Lipinski definition) is 0. The Kier molecular flexibility index (Phi) is 31.0. The molecule has 0 atom stereocenters.